The maximum atomic E-state index is 6.39. The monoisotopic (exact) mass is 449 g/mol. The smallest absolute Gasteiger partial charge is 0.156 e. The molecule has 0 aliphatic carbocycles. The fraction of sp³-hybridized carbons (Fsp3) is 0.143. The summed E-state index contributed by atoms with van der Waals surface area (Å²) in [5, 5.41) is 4.40. The minimum absolute atomic E-state index is 0.410. The molecule has 3 aromatic carbocycles. The van der Waals surface area contributed by atoms with Crippen molar-refractivity contribution in [3.63, 3.8) is 0 Å². The molecular formula is C21H18BrCl2NO. The lowest BCUT2D eigenvalue weighted by Crippen LogP contribution is -2.01. The van der Waals surface area contributed by atoms with Crippen LogP contribution in [0.2, 0.25) is 10.0 Å². The number of aryl methyl sites for hydroxylation is 1. The highest BCUT2D eigenvalue weighted by Crippen LogP contribution is 2.35. The van der Waals surface area contributed by atoms with Crippen LogP contribution in [0.15, 0.2) is 65.1 Å². The Hall–Kier alpha value is -1.68. The zero-order valence-electron chi connectivity index (χ0n) is 14.2. The van der Waals surface area contributed by atoms with Gasteiger partial charge in [-0.25, -0.2) is 0 Å². The van der Waals surface area contributed by atoms with Crippen LogP contribution < -0.4 is 10.1 Å². The van der Waals surface area contributed by atoms with Crippen molar-refractivity contribution in [3.05, 3.63) is 91.9 Å². The lowest BCUT2D eigenvalue weighted by Gasteiger charge is -2.13. The molecule has 134 valence electrons. The third kappa shape index (κ3) is 5.16. The Morgan fingerprint density at radius 3 is 2.27 bits per heavy atom. The standard InChI is InChI=1S/C21H18BrCl2NO/c1-14-3-2-4-18(9-14)25-12-16-10-19(23)21(20(24)11-16)26-13-15-5-7-17(22)8-6-15/h2-11,25H,12-13H2,1H3. The lowest BCUT2D eigenvalue weighted by atomic mass is 10.2. The summed E-state index contributed by atoms with van der Waals surface area (Å²) in [7, 11) is 0. The summed E-state index contributed by atoms with van der Waals surface area (Å²) in [6.07, 6.45) is 0. The van der Waals surface area contributed by atoms with Crippen molar-refractivity contribution in [1.29, 1.82) is 0 Å². The third-order valence-electron chi connectivity index (χ3n) is 3.87. The first kappa shape index (κ1) is 19.1. The third-order valence-corrected chi connectivity index (χ3v) is 4.96. The van der Waals surface area contributed by atoms with Crippen LogP contribution in [0.3, 0.4) is 0 Å². The van der Waals surface area contributed by atoms with Crippen molar-refractivity contribution < 1.29 is 4.74 Å². The topological polar surface area (TPSA) is 21.3 Å². The highest BCUT2D eigenvalue weighted by atomic mass is 79.9. The molecule has 0 aromatic heterocycles. The van der Waals surface area contributed by atoms with Crippen LogP contribution in [0.4, 0.5) is 5.69 Å². The summed E-state index contributed by atoms with van der Waals surface area (Å²) in [5.41, 5.74) is 4.32. The Morgan fingerprint density at radius 2 is 1.62 bits per heavy atom. The zero-order chi connectivity index (χ0) is 18.5. The maximum absolute atomic E-state index is 6.39. The van der Waals surface area contributed by atoms with Crippen LogP contribution in [-0.2, 0) is 13.2 Å². The van der Waals surface area contributed by atoms with E-state index < -0.39 is 0 Å². The fourth-order valence-electron chi connectivity index (χ4n) is 2.55. The van der Waals surface area contributed by atoms with E-state index in [-0.39, 0.29) is 0 Å². The van der Waals surface area contributed by atoms with Gasteiger partial charge in [0.25, 0.3) is 0 Å². The number of hydrogen-bond donors (Lipinski definition) is 1. The van der Waals surface area contributed by atoms with Gasteiger partial charge < -0.3 is 10.1 Å². The molecule has 0 heterocycles. The number of anilines is 1. The predicted octanol–water partition coefficient (Wildman–Crippen LogP) is 7.26. The number of halogens is 3. The first-order valence-electron chi connectivity index (χ1n) is 8.17. The second-order valence-corrected chi connectivity index (χ2v) is 7.76. The molecule has 0 fully saturated rings. The van der Waals surface area contributed by atoms with Crippen molar-refractivity contribution in [2.24, 2.45) is 0 Å². The van der Waals surface area contributed by atoms with E-state index in [2.05, 4.69) is 40.3 Å². The maximum Gasteiger partial charge on any atom is 0.156 e. The molecular weight excluding hydrogens is 433 g/mol. The van der Waals surface area contributed by atoms with Crippen LogP contribution >= 0.6 is 39.1 Å². The van der Waals surface area contributed by atoms with E-state index in [1.807, 2.05) is 48.5 Å². The van der Waals surface area contributed by atoms with Crippen LogP contribution in [0.1, 0.15) is 16.7 Å². The summed E-state index contributed by atoms with van der Waals surface area (Å²) >= 11 is 16.2. The molecule has 3 aromatic rings. The summed E-state index contributed by atoms with van der Waals surface area (Å²) < 4.78 is 6.86. The Bertz CT molecular complexity index is 874. The van der Waals surface area contributed by atoms with Gasteiger partial charge >= 0.3 is 0 Å². The van der Waals surface area contributed by atoms with Crippen molar-refractivity contribution in [3.8, 4) is 5.75 Å². The molecule has 1 N–H and O–H groups in total. The minimum Gasteiger partial charge on any atom is -0.486 e. The van der Waals surface area contributed by atoms with Gasteiger partial charge in [0.05, 0.1) is 10.0 Å². The zero-order valence-corrected chi connectivity index (χ0v) is 17.3. The van der Waals surface area contributed by atoms with E-state index in [1.165, 1.54) is 5.56 Å². The molecule has 0 saturated carbocycles. The summed E-state index contributed by atoms with van der Waals surface area (Å²) in [5.74, 6) is 0.510. The Kier molecular flexibility index (Phi) is 6.47. The normalized spacial score (nSPS) is 10.6. The first-order valence-corrected chi connectivity index (χ1v) is 9.72. The van der Waals surface area contributed by atoms with Gasteiger partial charge in [-0.1, -0.05) is 63.4 Å². The largest absolute Gasteiger partial charge is 0.486 e. The van der Waals surface area contributed by atoms with Gasteiger partial charge in [-0.15, -0.1) is 0 Å². The molecule has 0 bridgehead atoms. The highest BCUT2D eigenvalue weighted by Gasteiger charge is 2.10. The van der Waals surface area contributed by atoms with Gasteiger partial charge in [-0.05, 0) is 60.0 Å². The molecule has 5 heteroatoms. The summed E-state index contributed by atoms with van der Waals surface area (Å²) in [4.78, 5) is 0. The minimum atomic E-state index is 0.410. The fourth-order valence-corrected chi connectivity index (χ4v) is 3.45. The van der Waals surface area contributed by atoms with Crippen LogP contribution in [0.5, 0.6) is 5.75 Å². The van der Waals surface area contributed by atoms with Gasteiger partial charge in [0.1, 0.15) is 6.61 Å². The second-order valence-electron chi connectivity index (χ2n) is 6.03. The van der Waals surface area contributed by atoms with Gasteiger partial charge in [-0.3, -0.25) is 0 Å². The van der Waals surface area contributed by atoms with Crippen molar-refractivity contribution >= 4 is 44.8 Å². The van der Waals surface area contributed by atoms with Crippen molar-refractivity contribution in [1.82, 2.24) is 0 Å². The summed E-state index contributed by atoms with van der Waals surface area (Å²) in [6.45, 7) is 3.11. The summed E-state index contributed by atoms with van der Waals surface area (Å²) in [6, 6.07) is 19.9. The molecule has 0 atom stereocenters. The lowest BCUT2D eigenvalue weighted by molar-refractivity contribution is 0.306. The molecule has 0 unspecified atom stereocenters. The molecule has 3 rings (SSSR count). The number of benzene rings is 3. The van der Waals surface area contributed by atoms with E-state index in [1.54, 1.807) is 0 Å². The molecule has 0 aliphatic heterocycles. The quantitative estimate of drug-likeness (QED) is 0.426. The average molecular weight is 451 g/mol. The number of hydrogen-bond acceptors (Lipinski definition) is 2. The van der Waals surface area contributed by atoms with E-state index in [0.29, 0.717) is 28.9 Å². The van der Waals surface area contributed by atoms with Gasteiger partial charge in [0.15, 0.2) is 5.75 Å². The molecule has 0 saturated heterocycles. The van der Waals surface area contributed by atoms with E-state index in [0.717, 1.165) is 21.3 Å². The molecule has 26 heavy (non-hydrogen) atoms. The van der Waals surface area contributed by atoms with Crippen LogP contribution in [0.25, 0.3) is 0 Å². The van der Waals surface area contributed by atoms with E-state index >= 15 is 0 Å². The van der Waals surface area contributed by atoms with Gasteiger partial charge in [0.2, 0.25) is 0 Å². The molecule has 0 amide bonds. The predicted molar refractivity (Wildman–Crippen MR) is 113 cm³/mol. The van der Waals surface area contributed by atoms with Crippen molar-refractivity contribution in [2.45, 2.75) is 20.1 Å². The molecule has 0 radical (unpaired) electrons. The molecule has 0 aliphatic rings. The first-order chi connectivity index (χ1) is 12.5. The highest BCUT2D eigenvalue weighted by molar-refractivity contribution is 9.10. The number of nitrogens with one attached hydrogen (secondary N) is 1. The number of rotatable bonds is 6. The van der Waals surface area contributed by atoms with Gasteiger partial charge in [-0.2, -0.15) is 0 Å². The molecule has 0 spiro atoms. The Morgan fingerprint density at radius 1 is 0.923 bits per heavy atom. The van der Waals surface area contributed by atoms with Crippen molar-refractivity contribution in [2.75, 3.05) is 5.32 Å². The Balaban J connectivity index is 1.66. The van der Waals surface area contributed by atoms with Crippen LogP contribution in [0, 0.1) is 6.92 Å². The Labute approximate surface area is 172 Å². The van der Waals surface area contributed by atoms with Gasteiger partial charge in [0, 0.05) is 16.7 Å². The van der Waals surface area contributed by atoms with E-state index in [4.69, 9.17) is 27.9 Å². The van der Waals surface area contributed by atoms with Crippen LogP contribution in [-0.4, -0.2) is 0 Å². The molecule has 2 nitrogen and oxygen atoms in total. The average Bonchev–Trinajstić information content (AvgIpc) is 2.61. The number of ether oxygens (including phenoxy) is 1. The van der Waals surface area contributed by atoms with E-state index in [9.17, 15) is 0 Å². The SMILES string of the molecule is Cc1cccc(NCc2cc(Cl)c(OCc3ccc(Br)cc3)c(Cl)c2)c1. The second kappa shape index (κ2) is 8.81.